The minimum atomic E-state index is -1.06. The molecule has 5 heteroatoms. The number of rotatable bonds is 5. The van der Waals surface area contributed by atoms with Gasteiger partial charge in [-0.05, 0) is 37.6 Å². The van der Waals surface area contributed by atoms with Gasteiger partial charge in [0.2, 0.25) is 0 Å². The van der Waals surface area contributed by atoms with Crippen molar-refractivity contribution in [1.82, 2.24) is 5.32 Å². The second-order valence-corrected chi connectivity index (χ2v) is 6.39. The number of carbonyl (C=O) groups is 2. The van der Waals surface area contributed by atoms with E-state index in [9.17, 15) is 14.7 Å². The van der Waals surface area contributed by atoms with Crippen molar-refractivity contribution in [2.75, 3.05) is 0 Å². The van der Waals surface area contributed by atoms with Crippen LogP contribution in [0.3, 0.4) is 0 Å². The first-order valence-corrected chi connectivity index (χ1v) is 8.01. The Bertz CT molecular complexity index is 723. The van der Waals surface area contributed by atoms with Crippen molar-refractivity contribution in [2.24, 2.45) is 0 Å². The number of halogens is 1. The first-order chi connectivity index (χ1) is 10.9. The summed E-state index contributed by atoms with van der Waals surface area (Å²) in [5.41, 5.74) is 3.24. The highest BCUT2D eigenvalue weighted by atomic mass is 79.9. The molecule has 0 aliphatic heterocycles. The first-order valence-electron chi connectivity index (χ1n) is 7.22. The number of aliphatic carboxylic acids is 1. The third-order valence-corrected chi connectivity index (χ3v) is 4.24. The van der Waals surface area contributed by atoms with Crippen molar-refractivity contribution in [3.05, 3.63) is 69.2 Å². The number of amides is 1. The van der Waals surface area contributed by atoms with Gasteiger partial charge in [0, 0.05) is 16.5 Å². The van der Waals surface area contributed by atoms with Gasteiger partial charge in [-0.3, -0.25) is 4.79 Å². The number of carbonyl (C=O) groups excluding carboxylic acids is 1. The van der Waals surface area contributed by atoms with E-state index < -0.39 is 12.0 Å². The van der Waals surface area contributed by atoms with E-state index in [1.807, 2.05) is 44.2 Å². The molecule has 0 unspecified atom stereocenters. The van der Waals surface area contributed by atoms with Gasteiger partial charge < -0.3 is 10.4 Å². The van der Waals surface area contributed by atoms with E-state index in [2.05, 4.69) is 21.2 Å². The van der Waals surface area contributed by atoms with Gasteiger partial charge in [0.05, 0.1) is 0 Å². The molecule has 0 bridgehead atoms. The zero-order chi connectivity index (χ0) is 17.0. The van der Waals surface area contributed by atoms with Gasteiger partial charge in [-0.2, -0.15) is 0 Å². The minimum absolute atomic E-state index is 0.216. The van der Waals surface area contributed by atoms with Crippen molar-refractivity contribution < 1.29 is 14.7 Å². The van der Waals surface area contributed by atoms with E-state index in [0.29, 0.717) is 5.56 Å². The van der Waals surface area contributed by atoms with Crippen LogP contribution >= 0.6 is 15.9 Å². The fraction of sp³-hybridized carbons (Fsp3) is 0.222. The molecule has 2 aromatic rings. The second-order valence-electron chi connectivity index (χ2n) is 5.54. The average molecular weight is 376 g/mol. The number of carboxylic acid groups (broad SMARTS) is 1. The fourth-order valence-electron chi connectivity index (χ4n) is 2.43. The van der Waals surface area contributed by atoms with Gasteiger partial charge in [0.25, 0.3) is 5.91 Å². The lowest BCUT2D eigenvalue weighted by Gasteiger charge is -2.16. The Morgan fingerprint density at radius 2 is 1.74 bits per heavy atom. The third kappa shape index (κ3) is 4.66. The van der Waals surface area contributed by atoms with Crippen LogP contribution in [-0.2, 0) is 11.2 Å². The van der Waals surface area contributed by atoms with Crippen molar-refractivity contribution in [3.8, 4) is 0 Å². The lowest BCUT2D eigenvalue weighted by atomic mass is 10.0. The molecule has 0 heterocycles. The van der Waals surface area contributed by atoms with Crippen molar-refractivity contribution in [1.29, 1.82) is 0 Å². The Balaban J connectivity index is 2.18. The van der Waals surface area contributed by atoms with E-state index in [1.54, 1.807) is 12.1 Å². The molecular formula is C18H18BrNO3. The summed E-state index contributed by atoms with van der Waals surface area (Å²) < 4.78 is 0.826. The highest BCUT2D eigenvalue weighted by Gasteiger charge is 2.22. The molecule has 2 rings (SSSR count). The predicted octanol–water partition coefficient (Wildman–Crippen LogP) is 3.49. The van der Waals surface area contributed by atoms with E-state index in [1.165, 1.54) is 0 Å². The maximum Gasteiger partial charge on any atom is 0.326 e. The number of nitrogens with one attached hydrogen (secondary N) is 1. The van der Waals surface area contributed by atoms with Gasteiger partial charge in [-0.15, -0.1) is 0 Å². The molecule has 23 heavy (non-hydrogen) atoms. The van der Waals surface area contributed by atoms with Gasteiger partial charge in [-0.1, -0.05) is 51.3 Å². The van der Waals surface area contributed by atoms with Crippen LogP contribution in [0.1, 0.15) is 27.0 Å². The predicted molar refractivity (Wildman–Crippen MR) is 92.7 cm³/mol. The molecule has 0 aliphatic rings. The molecular weight excluding hydrogens is 358 g/mol. The minimum Gasteiger partial charge on any atom is -0.480 e. The Hall–Kier alpha value is -2.14. The summed E-state index contributed by atoms with van der Waals surface area (Å²) >= 11 is 3.40. The van der Waals surface area contributed by atoms with E-state index >= 15 is 0 Å². The monoisotopic (exact) mass is 375 g/mol. The average Bonchev–Trinajstić information content (AvgIpc) is 2.47. The molecule has 0 radical (unpaired) electrons. The Morgan fingerprint density at radius 3 is 2.30 bits per heavy atom. The molecule has 0 saturated carbocycles. The molecule has 1 amide bonds. The van der Waals surface area contributed by atoms with Crippen LogP contribution in [0.2, 0.25) is 0 Å². The summed E-state index contributed by atoms with van der Waals surface area (Å²) in [5.74, 6) is -1.44. The van der Waals surface area contributed by atoms with Crippen LogP contribution in [0.5, 0.6) is 0 Å². The van der Waals surface area contributed by atoms with E-state index in [-0.39, 0.29) is 12.3 Å². The summed E-state index contributed by atoms with van der Waals surface area (Å²) in [6.07, 6.45) is 0.216. The van der Waals surface area contributed by atoms with Gasteiger partial charge in [0.15, 0.2) is 0 Å². The standard InChI is InChI=1S/C18H18BrNO3/c1-11-7-12(2)9-14(8-11)17(21)20-16(18(22)23)10-13-5-3-4-6-15(13)19/h3-9,16H,10H2,1-2H3,(H,20,21)(H,22,23)/t16-/m1/s1. The maximum atomic E-state index is 12.4. The lowest BCUT2D eigenvalue weighted by Crippen LogP contribution is -2.42. The number of carboxylic acids is 1. The van der Waals surface area contributed by atoms with E-state index in [4.69, 9.17) is 0 Å². The summed E-state index contributed by atoms with van der Waals surface area (Å²) in [6, 6.07) is 11.9. The number of benzene rings is 2. The number of hydrogen-bond donors (Lipinski definition) is 2. The quantitative estimate of drug-likeness (QED) is 0.840. The van der Waals surface area contributed by atoms with Crippen LogP contribution in [0.4, 0.5) is 0 Å². The van der Waals surface area contributed by atoms with Crippen molar-refractivity contribution in [3.63, 3.8) is 0 Å². The van der Waals surface area contributed by atoms with Crippen LogP contribution in [0.15, 0.2) is 46.9 Å². The van der Waals surface area contributed by atoms with Gasteiger partial charge >= 0.3 is 5.97 Å². The summed E-state index contributed by atoms with van der Waals surface area (Å²) in [6.45, 7) is 3.80. The molecule has 120 valence electrons. The normalized spacial score (nSPS) is 11.8. The number of aryl methyl sites for hydroxylation is 2. The van der Waals surface area contributed by atoms with E-state index in [0.717, 1.165) is 21.2 Å². The lowest BCUT2D eigenvalue weighted by molar-refractivity contribution is -0.139. The SMILES string of the molecule is Cc1cc(C)cc(C(=O)N[C@H](Cc2ccccc2Br)C(=O)O)c1. The van der Waals surface area contributed by atoms with Crippen LogP contribution in [-0.4, -0.2) is 23.0 Å². The van der Waals surface area contributed by atoms with Gasteiger partial charge in [-0.25, -0.2) is 4.79 Å². The molecule has 0 fully saturated rings. The van der Waals surface area contributed by atoms with Crippen LogP contribution in [0, 0.1) is 13.8 Å². The summed E-state index contributed by atoms with van der Waals surface area (Å²) in [4.78, 5) is 23.8. The van der Waals surface area contributed by atoms with Crippen LogP contribution < -0.4 is 5.32 Å². The molecule has 2 N–H and O–H groups in total. The third-order valence-electron chi connectivity index (χ3n) is 3.47. The second kappa shape index (κ2) is 7.42. The molecule has 4 nitrogen and oxygen atoms in total. The number of hydrogen-bond acceptors (Lipinski definition) is 2. The molecule has 0 aromatic heterocycles. The Kier molecular flexibility index (Phi) is 5.55. The molecule has 0 aliphatic carbocycles. The largest absolute Gasteiger partial charge is 0.480 e. The Morgan fingerprint density at radius 1 is 1.13 bits per heavy atom. The Labute approximate surface area is 143 Å². The molecule has 0 saturated heterocycles. The fourth-order valence-corrected chi connectivity index (χ4v) is 2.88. The van der Waals surface area contributed by atoms with Crippen molar-refractivity contribution in [2.45, 2.75) is 26.3 Å². The van der Waals surface area contributed by atoms with Crippen LogP contribution in [0.25, 0.3) is 0 Å². The molecule has 0 spiro atoms. The molecule has 1 atom stereocenters. The molecule has 2 aromatic carbocycles. The highest BCUT2D eigenvalue weighted by molar-refractivity contribution is 9.10. The highest BCUT2D eigenvalue weighted by Crippen LogP contribution is 2.18. The zero-order valence-electron chi connectivity index (χ0n) is 13.0. The summed E-state index contributed by atoms with van der Waals surface area (Å²) in [5, 5.41) is 12.0. The topological polar surface area (TPSA) is 66.4 Å². The van der Waals surface area contributed by atoms with Crippen molar-refractivity contribution >= 4 is 27.8 Å². The zero-order valence-corrected chi connectivity index (χ0v) is 14.6. The maximum absolute atomic E-state index is 12.4. The van der Waals surface area contributed by atoms with Gasteiger partial charge in [0.1, 0.15) is 6.04 Å². The first kappa shape index (κ1) is 17.2. The summed E-state index contributed by atoms with van der Waals surface area (Å²) in [7, 11) is 0. The smallest absolute Gasteiger partial charge is 0.326 e.